The number of nitrogens with one attached hydrogen (secondary N) is 2. The first-order chi connectivity index (χ1) is 16.5. The lowest BCUT2D eigenvalue weighted by Gasteiger charge is -2.19. The zero-order valence-electron chi connectivity index (χ0n) is 18.8. The third-order valence-electron chi connectivity index (χ3n) is 5.35. The number of aromatic carboxylic acids is 1. The molecule has 11 heteroatoms. The molecule has 1 atom stereocenters. The highest BCUT2D eigenvalue weighted by molar-refractivity contribution is 5.88. The minimum Gasteiger partial charge on any atom is -0.493 e. The third-order valence-corrected chi connectivity index (χ3v) is 5.35. The number of ether oxygens (including phenoxy) is 2. The summed E-state index contributed by atoms with van der Waals surface area (Å²) >= 11 is 0. The van der Waals surface area contributed by atoms with Gasteiger partial charge in [-0.05, 0) is 36.8 Å². The van der Waals surface area contributed by atoms with E-state index in [9.17, 15) is 22.8 Å². The summed E-state index contributed by atoms with van der Waals surface area (Å²) in [6.45, 7) is 0.959. The number of aromatic nitrogens is 2. The first-order valence-corrected chi connectivity index (χ1v) is 10.3. The normalized spacial score (nSPS) is 12.1. The Morgan fingerprint density at radius 2 is 1.94 bits per heavy atom. The average molecular weight is 489 g/mol. The van der Waals surface area contributed by atoms with Gasteiger partial charge in [0.15, 0.2) is 11.5 Å². The van der Waals surface area contributed by atoms with Gasteiger partial charge in [0.05, 0.1) is 30.1 Å². The second-order valence-electron chi connectivity index (χ2n) is 7.72. The second-order valence-corrected chi connectivity index (χ2v) is 7.72. The summed E-state index contributed by atoms with van der Waals surface area (Å²) in [4.78, 5) is 23.0. The van der Waals surface area contributed by atoms with Crippen LogP contribution < -0.4 is 9.47 Å². The molecule has 8 nitrogen and oxygen atoms in total. The Balaban J connectivity index is 1.92. The van der Waals surface area contributed by atoms with E-state index in [-0.39, 0.29) is 29.3 Å². The zero-order chi connectivity index (χ0) is 25.8. The molecular formula is C24H22F3N3O5. The molecule has 1 aromatic heterocycles. The molecule has 2 aromatic carbocycles. The Kier molecular flexibility index (Phi) is 7.58. The van der Waals surface area contributed by atoms with Gasteiger partial charge < -0.3 is 20.0 Å². The molecule has 0 aliphatic heterocycles. The standard InChI is InChI=1S/C24H22F3N3O5/c1-13(31)7-17(18-11-29-30-20(18)10-28)14-5-6-21(22(9-14)34-2)35-12-16-4-3-15(23(32)33)8-19(16)24(25,26)27/h3-6,8-11,17,28H,7,12H2,1-2H3,(H,29,30)(H,32,33). The third kappa shape index (κ3) is 5.86. The van der Waals surface area contributed by atoms with Crippen LogP contribution in [0.25, 0.3) is 0 Å². The summed E-state index contributed by atoms with van der Waals surface area (Å²) in [6.07, 6.45) is -2.01. The summed E-state index contributed by atoms with van der Waals surface area (Å²) < 4.78 is 51.4. The highest BCUT2D eigenvalue weighted by atomic mass is 19.4. The average Bonchev–Trinajstić information content (AvgIpc) is 3.28. The van der Waals surface area contributed by atoms with Gasteiger partial charge in [0.1, 0.15) is 12.4 Å². The fourth-order valence-electron chi connectivity index (χ4n) is 3.67. The first-order valence-electron chi connectivity index (χ1n) is 10.3. The molecule has 0 aliphatic rings. The zero-order valence-corrected chi connectivity index (χ0v) is 18.8. The topological polar surface area (TPSA) is 125 Å². The molecule has 3 N–H and O–H groups in total. The Labute approximate surface area is 198 Å². The summed E-state index contributed by atoms with van der Waals surface area (Å²) in [6, 6.07) is 7.50. The van der Waals surface area contributed by atoms with E-state index in [1.807, 2.05) is 0 Å². The Hall–Kier alpha value is -4.15. The van der Waals surface area contributed by atoms with Crippen molar-refractivity contribution in [1.29, 1.82) is 5.41 Å². The van der Waals surface area contributed by atoms with Gasteiger partial charge in [-0.15, -0.1) is 0 Å². The molecule has 0 saturated carbocycles. The molecule has 3 rings (SSSR count). The number of halogens is 3. The monoisotopic (exact) mass is 489 g/mol. The molecule has 0 amide bonds. The Morgan fingerprint density at radius 1 is 1.20 bits per heavy atom. The number of carboxylic acid groups (broad SMARTS) is 1. The number of carbonyl (C=O) groups is 2. The number of aromatic amines is 1. The number of alkyl halides is 3. The Morgan fingerprint density at radius 3 is 2.54 bits per heavy atom. The van der Waals surface area contributed by atoms with Crippen molar-refractivity contribution < 1.29 is 37.3 Å². The van der Waals surface area contributed by atoms with Gasteiger partial charge in [0.25, 0.3) is 0 Å². The maximum absolute atomic E-state index is 13.5. The van der Waals surface area contributed by atoms with E-state index in [0.29, 0.717) is 22.9 Å². The minimum atomic E-state index is -4.77. The van der Waals surface area contributed by atoms with Gasteiger partial charge in [-0.3, -0.25) is 9.89 Å². The van der Waals surface area contributed by atoms with Crippen LogP contribution in [0.3, 0.4) is 0 Å². The lowest BCUT2D eigenvalue weighted by molar-refractivity contribution is -0.138. The SMILES string of the molecule is COc1cc(C(CC(C)=O)c2cn[nH]c2C=N)ccc1OCc1ccc(C(=O)O)cc1C(F)(F)F. The van der Waals surface area contributed by atoms with Crippen LogP contribution >= 0.6 is 0 Å². The molecule has 0 fully saturated rings. The van der Waals surface area contributed by atoms with Crippen molar-refractivity contribution in [3.05, 3.63) is 76.1 Å². The number of nitrogens with zero attached hydrogens (tertiary/aromatic N) is 1. The van der Waals surface area contributed by atoms with Gasteiger partial charge >= 0.3 is 12.1 Å². The van der Waals surface area contributed by atoms with Crippen LogP contribution in [0.1, 0.15) is 57.6 Å². The van der Waals surface area contributed by atoms with Crippen LogP contribution in [0.15, 0.2) is 42.6 Å². The largest absolute Gasteiger partial charge is 0.493 e. The molecule has 0 bridgehead atoms. The van der Waals surface area contributed by atoms with Gasteiger partial charge in [0.2, 0.25) is 0 Å². The van der Waals surface area contributed by atoms with Crippen LogP contribution in [-0.2, 0) is 17.6 Å². The molecular weight excluding hydrogens is 467 g/mol. The quantitative estimate of drug-likeness (QED) is 0.351. The fourth-order valence-corrected chi connectivity index (χ4v) is 3.67. The van der Waals surface area contributed by atoms with Crippen LogP contribution in [0, 0.1) is 5.41 Å². The van der Waals surface area contributed by atoms with Crippen molar-refractivity contribution in [3.63, 3.8) is 0 Å². The van der Waals surface area contributed by atoms with Crippen molar-refractivity contribution in [1.82, 2.24) is 10.2 Å². The van der Waals surface area contributed by atoms with Crippen molar-refractivity contribution in [2.75, 3.05) is 7.11 Å². The number of benzene rings is 2. The highest BCUT2D eigenvalue weighted by Crippen LogP contribution is 2.37. The summed E-state index contributed by atoms with van der Waals surface area (Å²) in [5, 5.41) is 23.2. The molecule has 35 heavy (non-hydrogen) atoms. The van der Waals surface area contributed by atoms with Crippen LogP contribution in [0.4, 0.5) is 13.2 Å². The number of hydrogen-bond donors (Lipinski definition) is 3. The molecule has 184 valence electrons. The van der Waals surface area contributed by atoms with Gasteiger partial charge in [-0.25, -0.2) is 4.79 Å². The summed E-state index contributed by atoms with van der Waals surface area (Å²) in [5.41, 5.74) is -0.0798. The predicted octanol–water partition coefficient (Wildman–Crippen LogP) is 4.82. The van der Waals surface area contributed by atoms with E-state index in [2.05, 4.69) is 10.2 Å². The van der Waals surface area contributed by atoms with E-state index >= 15 is 0 Å². The number of Topliss-reactive ketones (excluding diaryl/α,β-unsaturated/α-hetero) is 1. The number of hydrogen-bond acceptors (Lipinski definition) is 6. The molecule has 3 aromatic rings. The van der Waals surface area contributed by atoms with E-state index in [4.69, 9.17) is 20.0 Å². The predicted molar refractivity (Wildman–Crippen MR) is 119 cm³/mol. The molecule has 1 heterocycles. The second kappa shape index (κ2) is 10.4. The molecule has 0 radical (unpaired) electrons. The number of H-pyrrole nitrogens is 1. The number of carboxylic acids is 1. The van der Waals surface area contributed by atoms with Gasteiger partial charge in [-0.2, -0.15) is 18.3 Å². The van der Waals surface area contributed by atoms with Crippen molar-refractivity contribution in [3.8, 4) is 11.5 Å². The van der Waals surface area contributed by atoms with Crippen molar-refractivity contribution >= 4 is 18.0 Å². The fraction of sp³-hybridized carbons (Fsp3) is 0.250. The first kappa shape index (κ1) is 25.5. The highest BCUT2D eigenvalue weighted by Gasteiger charge is 2.34. The van der Waals surface area contributed by atoms with Crippen LogP contribution in [0.2, 0.25) is 0 Å². The maximum atomic E-state index is 13.5. The number of ketones is 1. The summed E-state index contributed by atoms with van der Waals surface area (Å²) in [5.74, 6) is -1.61. The molecule has 0 spiro atoms. The smallest absolute Gasteiger partial charge is 0.416 e. The van der Waals surface area contributed by atoms with Crippen molar-refractivity contribution in [2.24, 2.45) is 0 Å². The van der Waals surface area contributed by atoms with Crippen LogP contribution in [-0.4, -0.2) is 40.4 Å². The van der Waals surface area contributed by atoms with Gasteiger partial charge in [0, 0.05) is 29.7 Å². The van der Waals surface area contributed by atoms with E-state index in [1.165, 1.54) is 26.3 Å². The van der Waals surface area contributed by atoms with E-state index < -0.39 is 35.8 Å². The van der Waals surface area contributed by atoms with E-state index in [1.54, 1.807) is 12.1 Å². The lowest BCUT2D eigenvalue weighted by Crippen LogP contribution is -2.13. The Bertz CT molecular complexity index is 1250. The molecule has 0 aliphatic carbocycles. The number of methoxy groups -OCH3 is 1. The van der Waals surface area contributed by atoms with Crippen LogP contribution in [0.5, 0.6) is 11.5 Å². The van der Waals surface area contributed by atoms with Crippen molar-refractivity contribution in [2.45, 2.75) is 32.0 Å². The minimum absolute atomic E-state index is 0.0871. The molecule has 0 saturated heterocycles. The molecule has 1 unspecified atom stereocenters. The number of carbonyl (C=O) groups excluding carboxylic acids is 1. The summed E-state index contributed by atoms with van der Waals surface area (Å²) in [7, 11) is 1.37. The van der Waals surface area contributed by atoms with E-state index in [0.717, 1.165) is 18.3 Å². The lowest BCUT2D eigenvalue weighted by atomic mass is 9.87. The number of rotatable bonds is 10. The van der Waals surface area contributed by atoms with Gasteiger partial charge in [-0.1, -0.05) is 12.1 Å². The maximum Gasteiger partial charge on any atom is 0.416 e.